The molecule has 3 rings (SSSR count). The third-order valence-corrected chi connectivity index (χ3v) is 4.39. The molecule has 1 nitrogen and oxygen atoms in total. The summed E-state index contributed by atoms with van der Waals surface area (Å²) in [5.74, 6) is 0.635. The van der Waals surface area contributed by atoms with Crippen LogP contribution in [-0.2, 0) is 0 Å². The number of thiophene rings is 1. The van der Waals surface area contributed by atoms with E-state index in [9.17, 15) is 4.39 Å². The molecule has 1 N–H and O–H groups in total. The molecule has 0 bridgehead atoms. The highest BCUT2D eigenvalue weighted by molar-refractivity contribution is 7.19. The zero-order valence-corrected chi connectivity index (χ0v) is 9.98. The van der Waals surface area contributed by atoms with Gasteiger partial charge in [-0.05, 0) is 49.4 Å². The second-order valence-corrected chi connectivity index (χ2v) is 5.55. The number of fused-ring (bicyclic) bond motifs is 1. The average Bonchev–Trinajstić information content (AvgIpc) is 2.99. The molecule has 1 aliphatic rings. The van der Waals surface area contributed by atoms with Gasteiger partial charge in [0.2, 0.25) is 0 Å². The smallest absolute Gasteiger partial charge is 0.124 e. The Morgan fingerprint density at radius 3 is 2.88 bits per heavy atom. The Labute approximate surface area is 98.3 Å². The Morgan fingerprint density at radius 1 is 1.38 bits per heavy atom. The van der Waals surface area contributed by atoms with Crippen molar-refractivity contribution in [3.8, 4) is 0 Å². The van der Waals surface area contributed by atoms with E-state index in [0.29, 0.717) is 6.04 Å². The molecular weight excluding hydrogens is 221 g/mol. The van der Waals surface area contributed by atoms with Gasteiger partial charge in [0.05, 0.1) is 0 Å². The van der Waals surface area contributed by atoms with Crippen LogP contribution in [0.25, 0.3) is 10.1 Å². The fourth-order valence-electron chi connectivity index (χ4n) is 2.22. The van der Waals surface area contributed by atoms with Crippen molar-refractivity contribution in [1.29, 1.82) is 0 Å². The minimum absolute atomic E-state index is 0.145. The Balaban J connectivity index is 2.03. The van der Waals surface area contributed by atoms with Crippen molar-refractivity contribution in [2.24, 2.45) is 5.92 Å². The molecule has 84 valence electrons. The summed E-state index contributed by atoms with van der Waals surface area (Å²) in [4.78, 5) is 1.34. The first-order chi connectivity index (χ1) is 7.78. The van der Waals surface area contributed by atoms with Crippen molar-refractivity contribution < 1.29 is 4.39 Å². The van der Waals surface area contributed by atoms with Crippen molar-refractivity contribution in [2.45, 2.75) is 18.9 Å². The lowest BCUT2D eigenvalue weighted by atomic mass is 10.1. The first kappa shape index (κ1) is 10.2. The average molecular weight is 235 g/mol. The van der Waals surface area contributed by atoms with Gasteiger partial charge in [0, 0.05) is 15.6 Å². The fraction of sp³-hybridized carbons (Fsp3) is 0.385. The van der Waals surface area contributed by atoms with Crippen molar-refractivity contribution in [3.05, 3.63) is 35.0 Å². The summed E-state index contributed by atoms with van der Waals surface area (Å²) in [5.41, 5.74) is 0. The molecule has 1 aromatic heterocycles. The van der Waals surface area contributed by atoms with Gasteiger partial charge >= 0.3 is 0 Å². The minimum atomic E-state index is -0.145. The maximum Gasteiger partial charge on any atom is 0.124 e. The highest BCUT2D eigenvalue weighted by Crippen LogP contribution is 2.43. The largest absolute Gasteiger partial charge is 0.312 e. The first-order valence-corrected chi connectivity index (χ1v) is 6.46. The standard InChI is InChI=1S/C13H14FNS/c1-15-13(8-2-3-8)12-6-9-4-5-10(14)7-11(9)16-12/h4-8,13,15H,2-3H2,1H3. The summed E-state index contributed by atoms with van der Waals surface area (Å²) < 4.78 is 14.1. The molecule has 1 atom stereocenters. The van der Waals surface area contributed by atoms with Crippen LogP contribution in [-0.4, -0.2) is 7.05 Å². The number of hydrogen-bond donors (Lipinski definition) is 1. The predicted molar refractivity (Wildman–Crippen MR) is 66.3 cm³/mol. The van der Waals surface area contributed by atoms with Crippen LogP contribution in [0.5, 0.6) is 0 Å². The summed E-state index contributed by atoms with van der Waals surface area (Å²) in [7, 11) is 2.01. The molecule has 1 unspecified atom stereocenters. The van der Waals surface area contributed by atoms with E-state index in [-0.39, 0.29) is 5.82 Å². The predicted octanol–water partition coefficient (Wildman–Crippen LogP) is 3.71. The molecule has 1 heterocycles. The lowest BCUT2D eigenvalue weighted by molar-refractivity contribution is 0.538. The molecular formula is C13H14FNS. The van der Waals surface area contributed by atoms with Crippen LogP contribution in [0.3, 0.4) is 0 Å². The van der Waals surface area contributed by atoms with Crippen LogP contribution in [0.15, 0.2) is 24.3 Å². The maximum atomic E-state index is 13.1. The molecule has 1 aromatic carbocycles. The molecule has 0 aliphatic heterocycles. The van der Waals surface area contributed by atoms with Crippen LogP contribution >= 0.6 is 11.3 Å². The molecule has 0 spiro atoms. The fourth-order valence-corrected chi connectivity index (χ4v) is 3.51. The Morgan fingerprint density at radius 2 is 2.19 bits per heavy atom. The number of hydrogen-bond acceptors (Lipinski definition) is 2. The molecule has 1 fully saturated rings. The maximum absolute atomic E-state index is 13.1. The van der Waals surface area contributed by atoms with Gasteiger partial charge in [-0.3, -0.25) is 0 Å². The molecule has 0 radical (unpaired) electrons. The Kier molecular flexibility index (Phi) is 2.45. The van der Waals surface area contributed by atoms with E-state index in [2.05, 4.69) is 11.4 Å². The summed E-state index contributed by atoms with van der Waals surface area (Å²) in [6, 6.07) is 7.68. The van der Waals surface area contributed by atoms with Crippen molar-refractivity contribution in [2.75, 3.05) is 7.05 Å². The zero-order chi connectivity index (χ0) is 11.1. The van der Waals surface area contributed by atoms with E-state index in [4.69, 9.17) is 0 Å². The number of nitrogens with one attached hydrogen (secondary N) is 1. The van der Waals surface area contributed by atoms with Crippen LogP contribution < -0.4 is 5.32 Å². The lowest BCUT2D eigenvalue weighted by Gasteiger charge is -2.12. The van der Waals surface area contributed by atoms with E-state index < -0.39 is 0 Å². The van der Waals surface area contributed by atoms with Gasteiger partial charge in [-0.25, -0.2) is 4.39 Å². The molecule has 0 amide bonds. The van der Waals surface area contributed by atoms with E-state index in [1.165, 1.54) is 23.8 Å². The molecule has 16 heavy (non-hydrogen) atoms. The highest BCUT2D eigenvalue weighted by atomic mass is 32.1. The van der Waals surface area contributed by atoms with Crippen molar-refractivity contribution >= 4 is 21.4 Å². The summed E-state index contributed by atoms with van der Waals surface area (Å²) in [6.45, 7) is 0. The SMILES string of the molecule is CNC(c1cc2ccc(F)cc2s1)C1CC1. The summed E-state index contributed by atoms with van der Waals surface area (Å²) in [5, 5.41) is 4.53. The molecule has 1 saturated carbocycles. The molecule has 0 saturated heterocycles. The minimum Gasteiger partial charge on any atom is -0.312 e. The second-order valence-electron chi connectivity index (χ2n) is 4.43. The van der Waals surface area contributed by atoms with Crippen LogP contribution in [0.1, 0.15) is 23.8 Å². The van der Waals surface area contributed by atoms with Crippen molar-refractivity contribution in [1.82, 2.24) is 5.32 Å². The monoisotopic (exact) mass is 235 g/mol. The van der Waals surface area contributed by atoms with Gasteiger partial charge in [0.15, 0.2) is 0 Å². The van der Waals surface area contributed by atoms with Crippen LogP contribution in [0, 0.1) is 11.7 Å². The molecule has 1 aliphatic carbocycles. The Bertz CT molecular complexity index is 516. The number of rotatable bonds is 3. The Hall–Kier alpha value is -0.930. The molecule has 3 heteroatoms. The van der Waals surface area contributed by atoms with Gasteiger partial charge in [-0.2, -0.15) is 0 Å². The van der Waals surface area contributed by atoms with Gasteiger partial charge in [-0.15, -0.1) is 11.3 Å². The summed E-state index contributed by atoms with van der Waals surface area (Å²) >= 11 is 1.71. The zero-order valence-electron chi connectivity index (χ0n) is 9.16. The van der Waals surface area contributed by atoms with E-state index >= 15 is 0 Å². The van der Waals surface area contributed by atoms with E-state index in [1.807, 2.05) is 13.1 Å². The number of halogens is 1. The van der Waals surface area contributed by atoms with Gasteiger partial charge in [0.25, 0.3) is 0 Å². The second kappa shape index (κ2) is 3.82. The van der Waals surface area contributed by atoms with Gasteiger partial charge < -0.3 is 5.32 Å². The van der Waals surface area contributed by atoms with E-state index in [1.54, 1.807) is 17.4 Å². The quantitative estimate of drug-likeness (QED) is 0.855. The summed E-state index contributed by atoms with van der Waals surface area (Å²) in [6.07, 6.45) is 2.63. The topological polar surface area (TPSA) is 12.0 Å². The van der Waals surface area contributed by atoms with Crippen molar-refractivity contribution in [3.63, 3.8) is 0 Å². The van der Waals surface area contributed by atoms with Gasteiger partial charge in [0.1, 0.15) is 5.82 Å². The van der Waals surface area contributed by atoms with Crippen LogP contribution in [0.2, 0.25) is 0 Å². The van der Waals surface area contributed by atoms with Crippen LogP contribution in [0.4, 0.5) is 4.39 Å². The highest BCUT2D eigenvalue weighted by Gasteiger charge is 2.32. The lowest BCUT2D eigenvalue weighted by Crippen LogP contribution is -2.16. The third-order valence-electron chi connectivity index (χ3n) is 3.21. The normalized spacial score (nSPS) is 17.9. The first-order valence-electron chi connectivity index (χ1n) is 5.64. The van der Waals surface area contributed by atoms with Gasteiger partial charge in [-0.1, -0.05) is 6.07 Å². The van der Waals surface area contributed by atoms with E-state index in [0.717, 1.165) is 16.0 Å². The number of benzene rings is 1. The third kappa shape index (κ3) is 1.74. The molecule has 2 aromatic rings.